The first-order valence-electron chi connectivity index (χ1n) is 13.2. The van der Waals surface area contributed by atoms with Crippen LogP contribution in [0.15, 0.2) is 101 Å². The molecular weight excluding hydrogens is 490 g/mol. The smallest absolute Gasteiger partial charge is 0.332 e. The first kappa shape index (κ1) is 26.3. The van der Waals surface area contributed by atoms with Crippen molar-refractivity contribution in [2.45, 2.75) is 12.6 Å². The summed E-state index contributed by atoms with van der Waals surface area (Å²) in [5.74, 6) is -0.449. The predicted molar refractivity (Wildman–Crippen MR) is 153 cm³/mol. The number of aromatic nitrogens is 2. The summed E-state index contributed by atoms with van der Waals surface area (Å²) < 4.78 is 2.26. The van der Waals surface area contributed by atoms with Crippen LogP contribution in [0.25, 0.3) is 0 Å². The van der Waals surface area contributed by atoms with E-state index in [0.29, 0.717) is 13.1 Å². The van der Waals surface area contributed by atoms with E-state index in [1.807, 2.05) is 42.5 Å². The Balaban J connectivity index is 1.33. The molecular formula is C31H33N5O3. The Bertz CT molecular complexity index is 1500. The average molecular weight is 524 g/mol. The van der Waals surface area contributed by atoms with E-state index in [0.717, 1.165) is 23.2 Å². The number of benzene rings is 3. The van der Waals surface area contributed by atoms with Gasteiger partial charge >= 0.3 is 5.69 Å². The van der Waals surface area contributed by atoms with E-state index in [4.69, 9.17) is 5.73 Å². The molecule has 0 amide bonds. The van der Waals surface area contributed by atoms with Gasteiger partial charge in [0, 0.05) is 33.2 Å². The summed E-state index contributed by atoms with van der Waals surface area (Å²) in [5, 5.41) is 0. The molecule has 8 heteroatoms. The molecule has 0 radical (unpaired) electrons. The van der Waals surface area contributed by atoms with Crippen molar-refractivity contribution in [1.29, 1.82) is 0 Å². The zero-order chi connectivity index (χ0) is 27.4. The molecule has 39 heavy (non-hydrogen) atoms. The summed E-state index contributed by atoms with van der Waals surface area (Å²) in [5.41, 5.74) is 8.29. The summed E-state index contributed by atoms with van der Waals surface area (Å²) in [6.45, 7) is 3.13. The molecule has 4 aromatic rings. The van der Waals surface area contributed by atoms with E-state index < -0.39 is 11.2 Å². The van der Waals surface area contributed by atoms with Crippen LogP contribution in [0.2, 0.25) is 0 Å². The lowest BCUT2D eigenvalue weighted by Gasteiger charge is -2.39. The number of rotatable bonds is 8. The lowest BCUT2D eigenvalue weighted by Crippen LogP contribution is -2.50. The van der Waals surface area contributed by atoms with Gasteiger partial charge in [-0.25, -0.2) is 4.79 Å². The molecule has 3 aromatic carbocycles. The number of piperazine rings is 1. The number of Topliss-reactive ketones (excluding diaryl/α,β-unsaturated/α-hetero) is 1. The molecule has 0 aliphatic carbocycles. The maximum atomic E-state index is 13.4. The summed E-state index contributed by atoms with van der Waals surface area (Å²) in [7, 11) is 1.38. The number of nitrogen functional groups attached to an aromatic ring is 1. The number of carbonyl (C=O) groups excluding carboxylic acids is 1. The van der Waals surface area contributed by atoms with E-state index in [1.165, 1.54) is 22.7 Å². The Labute approximate surface area is 227 Å². The quantitative estimate of drug-likeness (QED) is 0.357. The number of hydrogen-bond donors (Lipinski definition) is 1. The lowest BCUT2D eigenvalue weighted by molar-refractivity contribution is 0.0806. The second-order valence-electron chi connectivity index (χ2n) is 9.94. The maximum absolute atomic E-state index is 13.4. The van der Waals surface area contributed by atoms with Crippen molar-refractivity contribution in [3.8, 4) is 0 Å². The topological polar surface area (TPSA) is 93.6 Å². The van der Waals surface area contributed by atoms with Gasteiger partial charge in [-0.05, 0) is 16.7 Å². The van der Waals surface area contributed by atoms with Gasteiger partial charge in [-0.1, -0.05) is 91.0 Å². The van der Waals surface area contributed by atoms with Gasteiger partial charge in [-0.2, -0.15) is 0 Å². The third kappa shape index (κ3) is 5.62. The van der Waals surface area contributed by atoms with Gasteiger partial charge < -0.3 is 5.73 Å². The molecule has 5 rings (SSSR count). The molecule has 200 valence electrons. The molecule has 1 aliphatic heterocycles. The Hall–Kier alpha value is -4.27. The maximum Gasteiger partial charge on any atom is 0.332 e. The molecule has 1 aliphatic rings. The zero-order valence-corrected chi connectivity index (χ0v) is 22.1. The summed E-state index contributed by atoms with van der Waals surface area (Å²) in [6, 6.07) is 30.3. The van der Waals surface area contributed by atoms with Crippen LogP contribution in [0, 0.1) is 0 Å². The fraction of sp³-hybridized carbons (Fsp3) is 0.258. The summed E-state index contributed by atoms with van der Waals surface area (Å²) in [6.07, 6.45) is 0. The van der Waals surface area contributed by atoms with Crippen LogP contribution < -0.4 is 17.0 Å². The molecule has 0 spiro atoms. The fourth-order valence-corrected chi connectivity index (χ4v) is 5.31. The minimum Gasteiger partial charge on any atom is -0.384 e. The highest BCUT2D eigenvalue weighted by Gasteiger charge is 2.29. The number of carbonyl (C=O) groups is 1. The molecule has 2 heterocycles. The first-order valence-corrected chi connectivity index (χ1v) is 13.2. The predicted octanol–water partition coefficient (Wildman–Crippen LogP) is 2.77. The Morgan fingerprint density at radius 1 is 0.795 bits per heavy atom. The molecule has 8 nitrogen and oxygen atoms in total. The van der Waals surface area contributed by atoms with Crippen LogP contribution in [0.3, 0.4) is 0 Å². The van der Waals surface area contributed by atoms with E-state index >= 15 is 0 Å². The van der Waals surface area contributed by atoms with E-state index in [9.17, 15) is 14.4 Å². The molecule has 0 bridgehead atoms. The van der Waals surface area contributed by atoms with Gasteiger partial charge in [-0.15, -0.1) is 0 Å². The van der Waals surface area contributed by atoms with Gasteiger partial charge in [0.25, 0.3) is 5.56 Å². The van der Waals surface area contributed by atoms with Crippen LogP contribution in [0.5, 0.6) is 0 Å². The Morgan fingerprint density at radius 2 is 1.31 bits per heavy atom. The third-order valence-corrected chi connectivity index (χ3v) is 7.42. The van der Waals surface area contributed by atoms with Crippen LogP contribution in [0.4, 0.5) is 5.82 Å². The lowest BCUT2D eigenvalue weighted by atomic mass is 9.96. The van der Waals surface area contributed by atoms with Gasteiger partial charge in [0.05, 0.1) is 19.1 Å². The van der Waals surface area contributed by atoms with Crippen molar-refractivity contribution < 1.29 is 4.79 Å². The minimum atomic E-state index is -0.654. The van der Waals surface area contributed by atoms with Crippen molar-refractivity contribution in [3.63, 3.8) is 0 Å². The number of nitrogens with two attached hydrogens (primary N) is 1. The highest BCUT2D eigenvalue weighted by atomic mass is 16.2. The van der Waals surface area contributed by atoms with E-state index in [1.54, 1.807) is 0 Å². The molecule has 0 unspecified atom stereocenters. The molecule has 0 saturated carbocycles. The van der Waals surface area contributed by atoms with E-state index in [2.05, 4.69) is 58.3 Å². The molecule has 1 saturated heterocycles. The highest BCUT2D eigenvalue weighted by molar-refractivity contribution is 6.01. The van der Waals surface area contributed by atoms with Crippen LogP contribution in [0.1, 0.15) is 33.1 Å². The van der Waals surface area contributed by atoms with Gasteiger partial charge in [-0.3, -0.25) is 28.5 Å². The van der Waals surface area contributed by atoms with E-state index in [-0.39, 0.29) is 36.3 Å². The molecule has 0 atom stereocenters. The normalized spacial score (nSPS) is 14.5. The standard InChI is InChI=1S/C31H33N5O3/c1-33-30(38)27(29(32)36(31(33)39)21-23-11-5-2-6-12-23)26(37)22-34-17-19-35(20-18-34)28(24-13-7-3-8-14-24)25-15-9-4-10-16-25/h2-16,28H,17-22,32H2,1H3. The second-order valence-corrected chi connectivity index (χ2v) is 9.94. The summed E-state index contributed by atoms with van der Waals surface area (Å²) in [4.78, 5) is 43.7. The number of nitrogens with zero attached hydrogens (tertiary/aromatic N) is 4. The monoisotopic (exact) mass is 523 g/mol. The number of hydrogen-bond acceptors (Lipinski definition) is 6. The van der Waals surface area contributed by atoms with Crippen molar-refractivity contribution in [3.05, 3.63) is 134 Å². The Morgan fingerprint density at radius 3 is 1.85 bits per heavy atom. The van der Waals surface area contributed by atoms with Crippen LogP contribution in [-0.4, -0.2) is 57.4 Å². The second kappa shape index (κ2) is 11.6. The largest absolute Gasteiger partial charge is 0.384 e. The average Bonchev–Trinajstić information content (AvgIpc) is 2.97. The molecule has 1 fully saturated rings. The molecule has 1 aromatic heterocycles. The van der Waals surface area contributed by atoms with Crippen LogP contribution in [-0.2, 0) is 13.6 Å². The van der Waals surface area contributed by atoms with Crippen molar-refractivity contribution >= 4 is 11.6 Å². The van der Waals surface area contributed by atoms with Gasteiger partial charge in [0.15, 0.2) is 5.78 Å². The number of ketones is 1. The van der Waals surface area contributed by atoms with Gasteiger partial charge in [0.2, 0.25) is 0 Å². The Kier molecular flexibility index (Phi) is 7.86. The number of anilines is 1. The minimum absolute atomic E-state index is 0.0676. The highest BCUT2D eigenvalue weighted by Crippen LogP contribution is 2.29. The fourth-order valence-electron chi connectivity index (χ4n) is 5.31. The van der Waals surface area contributed by atoms with Crippen molar-refractivity contribution in [2.24, 2.45) is 7.05 Å². The molecule has 2 N–H and O–H groups in total. The first-order chi connectivity index (χ1) is 18.9. The van der Waals surface area contributed by atoms with Crippen molar-refractivity contribution in [2.75, 3.05) is 38.5 Å². The summed E-state index contributed by atoms with van der Waals surface area (Å²) >= 11 is 0. The van der Waals surface area contributed by atoms with Crippen LogP contribution >= 0.6 is 0 Å². The van der Waals surface area contributed by atoms with Crippen molar-refractivity contribution in [1.82, 2.24) is 18.9 Å². The SMILES string of the molecule is Cn1c(=O)c(C(=O)CN2CCN(C(c3ccccc3)c3ccccc3)CC2)c(N)n(Cc2ccccc2)c1=O. The van der Waals surface area contributed by atoms with Gasteiger partial charge in [0.1, 0.15) is 11.4 Å². The third-order valence-electron chi connectivity index (χ3n) is 7.42. The zero-order valence-electron chi connectivity index (χ0n) is 22.1.